The summed E-state index contributed by atoms with van der Waals surface area (Å²) in [6, 6.07) is 12.9. The maximum Gasteiger partial charge on any atom is 0.254 e. The van der Waals surface area contributed by atoms with E-state index in [-0.39, 0.29) is 82.0 Å². The van der Waals surface area contributed by atoms with E-state index < -0.39 is 24.0 Å². The minimum absolute atomic E-state index is 0.00156. The summed E-state index contributed by atoms with van der Waals surface area (Å²) in [5, 5.41) is 54.5. The molecule has 13 nitrogen and oxygen atoms in total. The lowest BCUT2D eigenvalue weighted by molar-refractivity contribution is -0.255. The Morgan fingerprint density at radius 1 is 1.04 bits per heavy atom. The Morgan fingerprint density at radius 2 is 1.82 bits per heavy atom. The molecule has 2 aromatic carbocycles. The van der Waals surface area contributed by atoms with Crippen molar-refractivity contribution < 1.29 is 49.0 Å². The van der Waals surface area contributed by atoms with Gasteiger partial charge in [-0.15, -0.1) is 6.58 Å². The summed E-state index contributed by atoms with van der Waals surface area (Å²) < 4.78 is 25.9. The first-order valence-corrected chi connectivity index (χ1v) is 20.4. The van der Waals surface area contributed by atoms with Crippen molar-refractivity contribution in [3.63, 3.8) is 0 Å². The molecule has 1 unspecified atom stereocenters. The van der Waals surface area contributed by atoms with Crippen molar-refractivity contribution in [1.29, 1.82) is 5.26 Å². The van der Waals surface area contributed by atoms with Crippen LogP contribution in [0.3, 0.4) is 0 Å². The summed E-state index contributed by atoms with van der Waals surface area (Å²) in [6.45, 7) is 4.91. The zero-order chi connectivity index (χ0) is 40.2. The van der Waals surface area contributed by atoms with Crippen molar-refractivity contribution in [1.82, 2.24) is 4.90 Å². The molecule has 13 heteroatoms. The van der Waals surface area contributed by atoms with Crippen LogP contribution in [0.15, 0.2) is 71.9 Å². The van der Waals surface area contributed by atoms with E-state index in [1.165, 1.54) is 0 Å². The fourth-order valence-corrected chi connectivity index (χ4v) is 9.16. The highest BCUT2D eigenvalue weighted by Crippen LogP contribution is 2.62. The van der Waals surface area contributed by atoms with Gasteiger partial charge in [-0.1, -0.05) is 30.1 Å². The number of unbranched alkanes of at least 4 members (excludes halogenated alkanes) is 2. The van der Waals surface area contributed by atoms with E-state index in [9.17, 15) is 30.5 Å². The number of carbonyl (C=O) groups excluding carboxylic acids is 1. The fourth-order valence-electron chi connectivity index (χ4n) is 9.16. The lowest BCUT2D eigenvalue weighted by atomic mass is 9.55. The number of phenols is 1. The lowest BCUT2D eigenvalue weighted by Gasteiger charge is -2.60. The van der Waals surface area contributed by atoms with Crippen LogP contribution in [0, 0.1) is 29.1 Å². The Bertz CT molecular complexity index is 1750. The van der Waals surface area contributed by atoms with E-state index >= 15 is 0 Å². The molecular weight excluding hydrogens is 730 g/mol. The van der Waals surface area contributed by atoms with Gasteiger partial charge in [0.25, 0.3) is 5.91 Å². The molecule has 0 spiro atoms. The largest absolute Gasteiger partial charge is 0.508 e. The molecule has 2 aliphatic carbocycles. The highest BCUT2D eigenvalue weighted by atomic mass is 16.8. The van der Waals surface area contributed by atoms with E-state index in [0.29, 0.717) is 48.5 Å². The number of nitriles is 1. The number of aliphatic hydroxyl groups excluding tert-OH is 3. The predicted octanol–water partition coefficient (Wildman–Crippen LogP) is 5.58. The fraction of sp³-hybridized carbons (Fsp3) is 0.568. The molecule has 2 fully saturated rings. The molecule has 1 saturated heterocycles. The second kappa shape index (κ2) is 20.4. The monoisotopic (exact) mass is 787 g/mol. The third-order valence-electron chi connectivity index (χ3n) is 11.7. The average Bonchev–Trinajstić information content (AvgIpc) is 3.24. The number of hydrogen-bond donors (Lipinski definition) is 4. The number of fused-ring (bicyclic) bond motifs is 2. The Kier molecular flexibility index (Phi) is 15.2. The molecule has 0 bridgehead atoms. The number of carbonyl (C=O) groups is 1. The summed E-state index contributed by atoms with van der Waals surface area (Å²) in [6.07, 6.45) is 10.5. The number of aliphatic hydroxyl groups is 3. The quantitative estimate of drug-likeness (QED) is 0.0747. The second-order valence-electron chi connectivity index (χ2n) is 15.2. The maximum absolute atomic E-state index is 14.9. The molecule has 57 heavy (non-hydrogen) atoms. The number of phenolic OH excluding ortho intramolecular Hbond substituents is 1. The van der Waals surface area contributed by atoms with Crippen LogP contribution in [0.1, 0.15) is 91.6 Å². The molecule has 0 radical (unpaired) electrons. The zero-order valence-electron chi connectivity index (χ0n) is 32.7. The molecule has 6 rings (SSSR count). The van der Waals surface area contributed by atoms with E-state index in [1.807, 2.05) is 0 Å². The Labute approximate surface area is 335 Å². The second-order valence-corrected chi connectivity index (χ2v) is 15.2. The molecule has 2 aromatic rings. The van der Waals surface area contributed by atoms with Crippen molar-refractivity contribution in [3.8, 4) is 17.6 Å². The number of hydrogen-bond acceptors (Lipinski definition) is 12. The van der Waals surface area contributed by atoms with Crippen LogP contribution >= 0.6 is 0 Å². The van der Waals surface area contributed by atoms with Crippen molar-refractivity contribution >= 4 is 11.6 Å². The first-order chi connectivity index (χ1) is 27.9. The number of amides is 1. The molecule has 0 aromatic heterocycles. The van der Waals surface area contributed by atoms with E-state index in [4.69, 9.17) is 28.9 Å². The number of allylic oxidation sites excluding steroid dienone is 1. The molecule has 2 aliphatic heterocycles. The standard InChI is InChI=1S/C44H57N3O10/c1-2-22-55-44-39(47(18-24-53-25-21-50)43(52)31-14-12-30(29-45)13-15-31)28-37(46-57-40-11-5-8-23-54-40)35-26-32(9-3-6-19-48)34(10-4-7-20-49)41(42(35)44)36-27-33(51)16-17-38(36)56-44/h2,12-17,26-27,32,34,39-42,48-51H,1,3-11,18-25,28H2/t32-,34+,39-,40?,41+,42+,44+/m0/s1. The number of rotatable bonds is 20. The number of ether oxygens (including phenoxy) is 4. The number of oxime groups is 1. The SMILES string of the molecule is C=CCO[C@@]12Oc3ccc(O)cc3[C@H]3[C@H](CCCCO)[C@@H](CCCCO)C=C(C(=NOC4CCCCO4)C[C@@H]1N(CCOCCO)C(=O)c1ccc(C#N)cc1)[C@H]32. The van der Waals surface area contributed by atoms with Gasteiger partial charge in [-0.05, 0) is 98.4 Å². The average molecular weight is 788 g/mol. The van der Waals surface area contributed by atoms with Crippen LogP contribution in [0.4, 0.5) is 0 Å². The summed E-state index contributed by atoms with van der Waals surface area (Å²) in [5.41, 5.74) is 3.09. The van der Waals surface area contributed by atoms with Crippen molar-refractivity contribution in [3.05, 3.63) is 83.5 Å². The number of nitrogens with zero attached hydrogens (tertiary/aromatic N) is 3. The topological polar surface area (TPSA) is 184 Å². The Balaban J connectivity index is 1.58. The number of aromatic hydroxyl groups is 1. The molecule has 4 N–H and O–H groups in total. The van der Waals surface area contributed by atoms with Crippen LogP contribution in [0.5, 0.6) is 11.5 Å². The normalized spacial score (nSPS) is 27.0. The third kappa shape index (κ3) is 9.54. The highest BCUT2D eigenvalue weighted by Gasteiger charge is 2.65. The van der Waals surface area contributed by atoms with Gasteiger partial charge in [0.05, 0.1) is 56.3 Å². The van der Waals surface area contributed by atoms with Gasteiger partial charge >= 0.3 is 0 Å². The van der Waals surface area contributed by atoms with E-state index in [1.54, 1.807) is 53.4 Å². The van der Waals surface area contributed by atoms with Gasteiger partial charge in [-0.2, -0.15) is 5.26 Å². The van der Waals surface area contributed by atoms with Crippen LogP contribution < -0.4 is 4.74 Å². The zero-order valence-corrected chi connectivity index (χ0v) is 32.7. The molecule has 1 amide bonds. The van der Waals surface area contributed by atoms with Gasteiger partial charge in [0.15, 0.2) is 0 Å². The molecule has 4 aliphatic rings. The van der Waals surface area contributed by atoms with E-state index in [0.717, 1.165) is 49.7 Å². The van der Waals surface area contributed by atoms with Crippen molar-refractivity contribution in [2.24, 2.45) is 22.9 Å². The maximum atomic E-state index is 14.9. The van der Waals surface area contributed by atoms with Gasteiger partial charge in [-0.25, -0.2) is 0 Å². The summed E-state index contributed by atoms with van der Waals surface area (Å²) >= 11 is 0. The summed E-state index contributed by atoms with van der Waals surface area (Å²) in [7, 11) is 0. The van der Waals surface area contributed by atoms with Gasteiger partial charge in [0.1, 0.15) is 17.5 Å². The lowest BCUT2D eigenvalue weighted by Crippen LogP contribution is -2.70. The van der Waals surface area contributed by atoms with Crippen LogP contribution in [-0.4, -0.2) is 108 Å². The smallest absolute Gasteiger partial charge is 0.254 e. The summed E-state index contributed by atoms with van der Waals surface area (Å²) in [4.78, 5) is 22.8. The molecule has 2 heterocycles. The molecule has 1 saturated carbocycles. The van der Waals surface area contributed by atoms with Crippen molar-refractivity contribution in [2.75, 3.05) is 52.8 Å². The molecule has 7 atom stereocenters. The van der Waals surface area contributed by atoms with Crippen LogP contribution in [-0.2, 0) is 19.0 Å². The first-order valence-electron chi connectivity index (χ1n) is 20.4. The molecule has 308 valence electrons. The molecular formula is C44H57N3O10. The number of benzene rings is 2. The Morgan fingerprint density at radius 3 is 2.53 bits per heavy atom. The Hall–Kier alpha value is -4.29. The van der Waals surface area contributed by atoms with Gasteiger partial charge in [0, 0.05) is 49.6 Å². The van der Waals surface area contributed by atoms with Gasteiger partial charge in [0.2, 0.25) is 12.1 Å². The minimum atomic E-state index is -1.50. The summed E-state index contributed by atoms with van der Waals surface area (Å²) in [5.74, 6) is -2.03. The minimum Gasteiger partial charge on any atom is -0.508 e. The van der Waals surface area contributed by atoms with Gasteiger partial charge < -0.3 is 49.1 Å². The van der Waals surface area contributed by atoms with Crippen molar-refractivity contribution in [2.45, 2.75) is 88.2 Å². The van der Waals surface area contributed by atoms with Gasteiger partial charge in [-0.3, -0.25) is 4.79 Å². The van der Waals surface area contributed by atoms with Crippen LogP contribution in [0.2, 0.25) is 0 Å². The van der Waals surface area contributed by atoms with E-state index in [2.05, 4.69) is 18.7 Å². The predicted molar refractivity (Wildman–Crippen MR) is 211 cm³/mol. The first kappa shape index (κ1) is 42.3. The third-order valence-corrected chi connectivity index (χ3v) is 11.7. The van der Waals surface area contributed by atoms with Crippen LogP contribution in [0.25, 0.3) is 0 Å². The highest BCUT2D eigenvalue weighted by molar-refractivity contribution is 6.03.